The highest BCUT2D eigenvalue weighted by molar-refractivity contribution is 7.85. The summed E-state index contributed by atoms with van der Waals surface area (Å²) in [5.74, 6) is 0.303. The molecule has 0 aliphatic carbocycles. The molecule has 4 heteroatoms. The first-order valence-corrected chi connectivity index (χ1v) is 8.95. The third-order valence-corrected chi connectivity index (χ3v) is 3.37. The summed E-state index contributed by atoms with van der Waals surface area (Å²) in [4.78, 5) is 0. The Kier molecular flexibility index (Phi) is 10.9. The van der Waals surface area contributed by atoms with Gasteiger partial charge in [0.1, 0.15) is 0 Å². The van der Waals surface area contributed by atoms with E-state index in [1.165, 1.54) is 0 Å². The Bertz CT molecular complexity index is 338. The van der Waals surface area contributed by atoms with Gasteiger partial charge in [-0.2, -0.15) is 8.42 Å². The SMILES string of the molecule is CCC=CCCC(CCC=CCC)COS(C)(=O)=O. The molecule has 0 aliphatic rings. The van der Waals surface area contributed by atoms with E-state index in [2.05, 4.69) is 38.2 Å². The topological polar surface area (TPSA) is 43.4 Å². The lowest BCUT2D eigenvalue weighted by atomic mass is 9.98. The fourth-order valence-electron chi connectivity index (χ4n) is 1.76. The Morgan fingerprint density at radius 3 is 1.79 bits per heavy atom. The molecule has 0 aromatic carbocycles. The van der Waals surface area contributed by atoms with Crippen molar-refractivity contribution in [3.05, 3.63) is 24.3 Å². The van der Waals surface area contributed by atoms with Gasteiger partial charge in [-0.05, 0) is 44.4 Å². The number of rotatable bonds is 11. The highest BCUT2D eigenvalue weighted by Gasteiger charge is 2.11. The molecular formula is C15H28O3S. The van der Waals surface area contributed by atoms with E-state index >= 15 is 0 Å². The summed E-state index contributed by atoms with van der Waals surface area (Å²) in [5.41, 5.74) is 0. The lowest BCUT2D eigenvalue weighted by Gasteiger charge is -2.14. The van der Waals surface area contributed by atoms with E-state index in [1.807, 2.05) is 0 Å². The summed E-state index contributed by atoms with van der Waals surface area (Å²) in [6.45, 7) is 4.52. The Morgan fingerprint density at radius 2 is 1.42 bits per heavy atom. The third-order valence-electron chi connectivity index (χ3n) is 2.81. The van der Waals surface area contributed by atoms with Crippen molar-refractivity contribution in [2.45, 2.75) is 52.4 Å². The molecule has 0 spiro atoms. The summed E-state index contributed by atoms with van der Waals surface area (Å²) < 4.78 is 27.0. The van der Waals surface area contributed by atoms with Crippen molar-refractivity contribution in [3.8, 4) is 0 Å². The third kappa shape index (κ3) is 13.6. The molecule has 0 amide bonds. The molecule has 0 atom stereocenters. The highest BCUT2D eigenvalue weighted by Crippen LogP contribution is 2.16. The zero-order chi connectivity index (χ0) is 14.6. The molecule has 0 aromatic heterocycles. The maximum atomic E-state index is 11.0. The van der Waals surface area contributed by atoms with Crippen molar-refractivity contribution in [3.63, 3.8) is 0 Å². The van der Waals surface area contributed by atoms with Gasteiger partial charge in [0.05, 0.1) is 12.9 Å². The first kappa shape index (κ1) is 18.4. The standard InChI is InChI=1S/C15H28O3S/c1-4-6-8-10-12-15(13-11-9-7-5-2)14-18-19(3,16)17/h6-9,15H,4-5,10-14H2,1-3H3. The molecule has 0 N–H and O–H groups in total. The van der Waals surface area contributed by atoms with Gasteiger partial charge in [0.2, 0.25) is 0 Å². The molecule has 0 saturated heterocycles. The maximum absolute atomic E-state index is 11.0. The second-order valence-corrected chi connectivity index (χ2v) is 6.41. The van der Waals surface area contributed by atoms with Crippen LogP contribution in [0.3, 0.4) is 0 Å². The van der Waals surface area contributed by atoms with E-state index in [0.717, 1.165) is 44.8 Å². The summed E-state index contributed by atoms with van der Waals surface area (Å²) in [5, 5.41) is 0. The molecule has 19 heavy (non-hydrogen) atoms. The summed E-state index contributed by atoms with van der Waals surface area (Å²) in [7, 11) is -3.33. The van der Waals surface area contributed by atoms with Crippen molar-refractivity contribution in [1.29, 1.82) is 0 Å². The Balaban J connectivity index is 4.13. The Labute approximate surface area is 118 Å². The molecule has 0 heterocycles. The second-order valence-electron chi connectivity index (χ2n) is 4.77. The van der Waals surface area contributed by atoms with Crippen molar-refractivity contribution >= 4 is 10.1 Å². The van der Waals surface area contributed by atoms with Gasteiger partial charge in [0.15, 0.2) is 0 Å². The van der Waals surface area contributed by atoms with Crippen LogP contribution in [0, 0.1) is 5.92 Å². The zero-order valence-electron chi connectivity index (χ0n) is 12.5. The lowest BCUT2D eigenvalue weighted by molar-refractivity contribution is 0.240. The van der Waals surface area contributed by atoms with Crippen LogP contribution in [0.5, 0.6) is 0 Å². The lowest BCUT2D eigenvalue weighted by Crippen LogP contribution is -2.13. The molecule has 0 aromatic rings. The quantitative estimate of drug-likeness (QED) is 0.425. The van der Waals surface area contributed by atoms with Crippen molar-refractivity contribution in [2.75, 3.05) is 12.9 Å². The van der Waals surface area contributed by atoms with Gasteiger partial charge >= 0.3 is 0 Å². The molecular weight excluding hydrogens is 260 g/mol. The van der Waals surface area contributed by atoms with Crippen LogP contribution in [0.1, 0.15) is 52.4 Å². The average Bonchev–Trinajstić information content (AvgIpc) is 2.34. The summed E-state index contributed by atoms with van der Waals surface area (Å²) >= 11 is 0. The normalized spacial score (nSPS) is 14.5. The molecule has 0 rings (SSSR count). The largest absolute Gasteiger partial charge is 0.270 e. The van der Waals surface area contributed by atoms with E-state index < -0.39 is 10.1 Å². The molecule has 112 valence electrons. The van der Waals surface area contributed by atoms with E-state index in [9.17, 15) is 8.42 Å². The van der Waals surface area contributed by atoms with Gasteiger partial charge < -0.3 is 0 Å². The fourth-order valence-corrected chi connectivity index (χ4v) is 2.20. The zero-order valence-corrected chi connectivity index (χ0v) is 13.3. The predicted molar refractivity (Wildman–Crippen MR) is 81.6 cm³/mol. The maximum Gasteiger partial charge on any atom is 0.264 e. The van der Waals surface area contributed by atoms with E-state index in [-0.39, 0.29) is 0 Å². The van der Waals surface area contributed by atoms with E-state index in [4.69, 9.17) is 4.18 Å². The number of hydrogen-bond acceptors (Lipinski definition) is 3. The minimum Gasteiger partial charge on any atom is -0.270 e. The van der Waals surface area contributed by atoms with Crippen molar-refractivity contribution < 1.29 is 12.6 Å². The van der Waals surface area contributed by atoms with Gasteiger partial charge in [0.25, 0.3) is 10.1 Å². The molecule has 0 radical (unpaired) electrons. The van der Waals surface area contributed by atoms with Crippen LogP contribution in [0.4, 0.5) is 0 Å². The van der Waals surface area contributed by atoms with Crippen LogP contribution in [0.2, 0.25) is 0 Å². The second kappa shape index (κ2) is 11.2. The number of allylic oxidation sites excluding steroid dienone is 4. The fraction of sp³-hybridized carbons (Fsp3) is 0.733. The molecule has 3 nitrogen and oxygen atoms in total. The van der Waals surface area contributed by atoms with E-state index in [0.29, 0.717) is 12.5 Å². The van der Waals surface area contributed by atoms with Gasteiger partial charge in [-0.1, -0.05) is 38.2 Å². The molecule has 0 saturated carbocycles. The van der Waals surface area contributed by atoms with Crippen LogP contribution in [0.25, 0.3) is 0 Å². The summed E-state index contributed by atoms with van der Waals surface area (Å²) in [6.07, 6.45) is 15.7. The van der Waals surface area contributed by atoms with Crippen molar-refractivity contribution in [2.24, 2.45) is 5.92 Å². The van der Waals surface area contributed by atoms with Crippen LogP contribution >= 0.6 is 0 Å². The average molecular weight is 288 g/mol. The van der Waals surface area contributed by atoms with Crippen LogP contribution < -0.4 is 0 Å². The minimum absolute atomic E-state index is 0.303. The first-order chi connectivity index (χ1) is 8.99. The first-order valence-electron chi connectivity index (χ1n) is 7.14. The van der Waals surface area contributed by atoms with Gasteiger partial charge in [-0.15, -0.1) is 0 Å². The molecule has 0 bridgehead atoms. The Hall–Kier alpha value is -0.610. The van der Waals surface area contributed by atoms with Crippen LogP contribution in [-0.4, -0.2) is 21.3 Å². The Morgan fingerprint density at radius 1 is 0.947 bits per heavy atom. The monoisotopic (exact) mass is 288 g/mol. The van der Waals surface area contributed by atoms with Crippen molar-refractivity contribution in [1.82, 2.24) is 0 Å². The smallest absolute Gasteiger partial charge is 0.264 e. The molecule has 0 unspecified atom stereocenters. The minimum atomic E-state index is -3.33. The molecule has 0 fully saturated rings. The van der Waals surface area contributed by atoms with E-state index in [1.54, 1.807) is 0 Å². The highest BCUT2D eigenvalue weighted by atomic mass is 32.2. The predicted octanol–water partition coefficient (Wildman–Crippen LogP) is 4.07. The van der Waals surface area contributed by atoms with Crippen LogP contribution in [0.15, 0.2) is 24.3 Å². The molecule has 0 aliphatic heterocycles. The summed E-state index contributed by atoms with van der Waals surface area (Å²) in [6, 6.07) is 0. The van der Waals surface area contributed by atoms with Gasteiger partial charge in [0, 0.05) is 0 Å². The van der Waals surface area contributed by atoms with Crippen LogP contribution in [-0.2, 0) is 14.3 Å². The number of hydrogen-bond donors (Lipinski definition) is 0. The van der Waals surface area contributed by atoms with Gasteiger partial charge in [-0.3, -0.25) is 4.18 Å². The van der Waals surface area contributed by atoms with Gasteiger partial charge in [-0.25, -0.2) is 0 Å².